The summed E-state index contributed by atoms with van der Waals surface area (Å²) in [6.45, 7) is 4.61. The van der Waals surface area contributed by atoms with E-state index in [9.17, 15) is 0 Å². The Balaban J connectivity index is 2.36. The Morgan fingerprint density at radius 2 is 1.92 bits per heavy atom. The SMILES string of the molecule is COC1CCCCC1CC(C)C. The molecule has 0 N–H and O–H groups in total. The van der Waals surface area contributed by atoms with E-state index in [1.165, 1.54) is 32.1 Å². The van der Waals surface area contributed by atoms with E-state index < -0.39 is 0 Å². The minimum atomic E-state index is 0.557. The molecule has 1 rings (SSSR count). The lowest BCUT2D eigenvalue weighted by Crippen LogP contribution is -2.27. The summed E-state index contributed by atoms with van der Waals surface area (Å²) in [6, 6.07) is 0. The van der Waals surface area contributed by atoms with Crippen molar-refractivity contribution in [3.8, 4) is 0 Å². The summed E-state index contributed by atoms with van der Waals surface area (Å²) in [7, 11) is 1.86. The van der Waals surface area contributed by atoms with Crippen LogP contribution in [0.4, 0.5) is 0 Å². The second-order valence-corrected chi connectivity index (χ2v) is 4.45. The molecule has 0 spiro atoms. The fraction of sp³-hybridized carbons (Fsp3) is 1.00. The van der Waals surface area contributed by atoms with Gasteiger partial charge in [-0.3, -0.25) is 0 Å². The van der Waals surface area contributed by atoms with E-state index in [4.69, 9.17) is 4.74 Å². The highest BCUT2D eigenvalue weighted by atomic mass is 16.5. The molecule has 0 saturated heterocycles. The van der Waals surface area contributed by atoms with Crippen molar-refractivity contribution in [3.63, 3.8) is 0 Å². The molecule has 1 fully saturated rings. The molecule has 0 radical (unpaired) electrons. The van der Waals surface area contributed by atoms with Crippen LogP contribution in [0.3, 0.4) is 0 Å². The molecule has 1 aliphatic carbocycles. The van der Waals surface area contributed by atoms with Crippen LogP contribution in [0.1, 0.15) is 46.0 Å². The van der Waals surface area contributed by atoms with E-state index in [2.05, 4.69) is 13.8 Å². The van der Waals surface area contributed by atoms with E-state index >= 15 is 0 Å². The fourth-order valence-corrected chi connectivity index (χ4v) is 2.36. The Kier molecular flexibility index (Phi) is 4.07. The maximum Gasteiger partial charge on any atom is 0.0599 e. The highest BCUT2D eigenvalue weighted by Gasteiger charge is 2.24. The van der Waals surface area contributed by atoms with Gasteiger partial charge in [0.15, 0.2) is 0 Å². The van der Waals surface area contributed by atoms with Crippen molar-refractivity contribution in [2.75, 3.05) is 7.11 Å². The molecule has 2 atom stereocenters. The molecule has 72 valence electrons. The maximum atomic E-state index is 5.50. The van der Waals surface area contributed by atoms with Gasteiger partial charge in [-0.15, -0.1) is 0 Å². The first-order valence-electron chi connectivity index (χ1n) is 5.26. The van der Waals surface area contributed by atoms with E-state index in [0.717, 1.165) is 11.8 Å². The van der Waals surface area contributed by atoms with Gasteiger partial charge < -0.3 is 4.74 Å². The highest BCUT2D eigenvalue weighted by molar-refractivity contribution is 4.76. The fourth-order valence-electron chi connectivity index (χ4n) is 2.36. The second kappa shape index (κ2) is 4.86. The first-order chi connectivity index (χ1) is 5.74. The van der Waals surface area contributed by atoms with E-state index in [1.54, 1.807) is 0 Å². The maximum absolute atomic E-state index is 5.50. The zero-order valence-electron chi connectivity index (χ0n) is 8.68. The Morgan fingerprint density at radius 3 is 2.50 bits per heavy atom. The molecule has 0 bridgehead atoms. The third kappa shape index (κ3) is 2.78. The smallest absolute Gasteiger partial charge is 0.0599 e. The summed E-state index contributed by atoms with van der Waals surface area (Å²) >= 11 is 0. The van der Waals surface area contributed by atoms with Gasteiger partial charge in [0, 0.05) is 7.11 Å². The molecule has 1 saturated carbocycles. The van der Waals surface area contributed by atoms with Crippen LogP contribution in [0.2, 0.25) is 0 Å². The summed E-state index contributed by atoms with van der Waals surface area (Å²) in [5.41, 5.74) is 0. The average Bonchev–Trinajstić information content (AvgIpc) is 2.04. The van der Waals surface area contributed by atoms with Crippen molar-refractivity contribution in [2.24, 2.45) is 11.8 Å². The lowest BCUT2D eigenvalue weighted by atomic mass is 9.81. The van der Waals surface area contributed by atoms with Gasteiger partial charge in [0.05, 0.1) is 6.10 Å². The molecule has 0 heterocycles. The van der Waals surface area contributed by atoms with Crippen LogP contribution < -0.4 is 0 Å². The summed E-state index contributed by atoms with van der Waals surface area (Å²) in [5, 5.41) is 0. The van der Waals surface area contributed by atoms with Gasteiger partial charge in [0.1, 0.15) is 0 Å². The van der Waals surface area contributed by atoms with Crippen LogP contribution in [-0.2, 0) is 4.74 Å². The third-order valence-corrected chi connectivity index (χ3v) is 2.92. The molecular formula is C11H22O. The third-order valence-electron chi connectivity index (χ3n) is 2.92. The number of rotatable bonds is 3. The molecule has 0 amide bonds. The minimum absolute atomic E-state index is 0.557. The molecule has 0 aromatic rings. The second-order valence-electron chi connectivity index (χ2n) is 4.45. The first kappa shape index (κ1) is 10.0. The molecule has 1 nitrogen and oxygen atoms in total. The molecule has 1 aliphatic rings. The van der Waals surface area contributed by atoms with Gasteiger partial charge in [-0.05, 0) is 31.1 Å². The van der Waals surface area contributed by atoms with Crippen LogP contribution >= 0.6 is 0 Å². The number of hydrogen-bond donors (Lipinski definition) is 0. The molecule has 0 aromatic heterocycles. The first-order valence-corrected chi connectivity index (χ1v) is 5.26. The summed E-state index contributed by atoms with van der Waals surface area (Å²) in [6.07, 6.45) is 7.36. The van der Waals surface area contributed by atoms with Crippen LogP contribution in [0.15, 0.2) is 0 Å². The molecule has 0 aromatic carbocycles. The van der Waals surface area contributed by atoms with E-state index in [-0.39, 0.29) is 0 Å². The number of methoxy groups -OCH3 is 1. The Bertz CT molecular complexity index is 120. The molecule has 12 heavy (non-hydrogen) atoms. The van der Waals surface area contributed by atoms with Crippen LogP contribution in [0.25, 0.3) is 0 Å². The van der Waals surface area contributed by atoms with Crippen molar-refractivity contribution < 1.29 is 4.74 Å². The topological polar surface area (TPSA) is 9.23 Å². The van der Waals surface area contributed by atoms with Crippen molar-refractivity contribution in [1.82, 2.24) is 0 Å². The Morgan fingerprint density at radius 1 is 1.25 bits per heavy atom. The lowest BCUT2D eigenvalue weighted by Gasteiger charge is -2.31. The quantitative estimate of drug-likeness (QED) is 0.632. The van der Waals surface area contributed by atoms with Crippen molar-refractivity contribution in [1.29, 1.82) is 0 Å². The molecule has 1 heteroatoms. The van der Waals surface area contributed by atoms with Crippen molar-refractivity contribution in [2.45, 2.75) is 52.1 Å². The predicted molar refractivity (Wildman–Crippen MR) is 52.2 cm³/mol. The van der Waals surface area contributed by atoms with Gasteiger partial charge in [0.2, 0.25) is 0 Å². The van der Waals surface area contributed by atoms with Crippen LogP contribution in [0.5, 0.6) is 0 Å². The molecule has 0 aliphatic heterocycles. The van der Waals surface area contributed by atoms with Crippen LogP contribution in [0, 0.1) is 11.8 Å². The largest absolute Gasteiger partial charge is 0.381 e. The number of hydrogen-bond acceptors (Lipinski definition) is 1. The summed E-state index contributed by atoms with van der Waals surface area (Å²) in [5.74, 6) is 1.66. The zero-order valence-corrected chi connectivity index (χ0v) is 8.68. The average molecular weight is 170 g/mol. The lowest BCUT2D eigenvalue weighted by molar-refractivity contribution is 0.0157. The Hall–Kier alpha value is -0.0400. The highest BCUT2D eigenvalue weighted by Crippen LogP contribution is 2.30. The minimum Gasteiger partial charge on any atom is -0.381 e. The standard InChI is InChI=1S/C11H22O/c1-9(2)8-10-6-4-5-7-11(10)12-3/h9-11H,4-8H2,1-3H3. The number of ether oxygens (including phenoxy) is 1. The molecular weight excluding hydrogens is 148 g/mol. The van der Waals surface area contributed by atoms with Crippen molar-refractivity contribution >= 4 is 0 Å². The monoisotopic (exact) mass is 170 g/mol. The summed E-state index contributed by atoms with van der Waals surface area (Å²) < 4.78 is 5.50. The van der Waals surface area contributed by atoms with Gasteiger partial charge in [0.25, 0.3) is 0 Å². The van der Waals surface area contributed by atoms with Gasteiger partial charge in [-0.2, -0.15) is 0 Å². The van der Waals surface area contributed by atoms with Gasteiger partial charge in [-0.1, -0.05) is 26.7 Å². The van der Waals surface area contributed by atoms with Gasteiger partial charge in [-0.25, -0.2) is 0 Å². The van der Waals surface area contributed by atoms with Crippen molar-refractivity contribution in [3.05, 3.63) is 0 Å². The van der Waals surface area contributed by atoms with E-state index in [1.807, 2.05) is 7.11 Å². The van der Waals surface area contributed by atoms with Crippen LogP contribution in [-0.4, -0.2) is 13.2 Å². The Labute approximate surface area is 76.5 Å². The zero-order chi connectivity index (χ0) is 8.97. The predicted octanol–water partition coefficient (Wildman–Crippen LogP) is 3.24. The summed E-state index contributed by atoms with van der Waals surface area (Å²) in [4.78, 5) is 0. The molecule has 2 unspecified atom stereocenters. The normalized spacial score (nSPS) is 31.0. The van der Waals surface area contributed by atoms with E-state index in [0.29, 0.717) is 6.10 Å². The van der Waals surface area contributed by atoms with Gasteiger partial charge >= 0.3 is 0 Å².